The van der Waals surface area contributed by atoms with Gasteiger partial charge in [0, 0.05) is 4.88 Å². The standard InChI is InChI=1S/C9H10ClNO4S/c10-7-2-1-6(16-7)3-11-8(12)4-15-5-9(13)14/h1-2H,3-5H2,(H,11,12)(H,13,14). The SMILES string of the molecule is O=C(O)COCC(=O)NCc1ccc(Cl)s1. The monoisotopic (exact) mass is 263 g/mol. The number of amides is 1. The summed E-state index contributed by atoms with van der Waals surface area (Å²) in [5.41, 5.74) is 0. The van der Waals surface area contributed by atoms with Gasteiger partial charge in [0.15, 0.2) is 0 Å². The van der Waals surface area contributed by atoms with E-state index in [-0.39, 0.29) is 12.5 Å². The second kappa shape index (κ2) is 6.47. The highest BCUT2D eigenvalue weighted by molar-refractivity contribution is 7.16. The molecule has 0 aliphatic heterocycles. The van der Waals surface area contributed by atoms with Crippen molar-refractivity contribution in [1.29, 1.82) is 0 Å². The van der Waals surface area contributed by atoms with E-state index in [4.69, 9.17) is 16.7 Å². The minimum atomic E-state index is -1.10. The van der Waals surface area contributed by atoms with Gasteiger partial charge >= 0.3 is 5.97 Å². The molecule has 0 unspecified atom stereocenters. The number of hydrogen-bond donors (Lipinski definition) is 2. The molecule has 1 aromatic rings. The molecule has 0 fully saturated rings. The summed E-state index contributed by atoms with van der Waals surface area (Å²) in [4.78, 5) is 22.2. The van der Waals surface area contributed by atoms with Crippen molar-refractivity contribution in [2.45, 2.75) is 6.54 Å². The Morgan fingerprint density at radius 2 is 2.19 bits per heavy atom. The lowest BCUT2D eigenvalue weighted by Crippen LogP contribution is -2.27. The van der Waals surface area contributed by atoms with E-state index in [1.54, 1.807) is 6.07 Å². The minimum Gasteiger partial charge on any atom is -0.480 e. The topological polar surface area (TPSA) is 75.6 Å². The third-order valence-corrected chi connectivity index (χ3v) is 2.78. The molecule has 0 saturated carbocycles. The van der Waals surface area contributed by atoms with Crippen molar-refractivity contribution in [3.8, 4) is 0 Å². The lowest BCUT2D eigenvalue weighted by Gasteiger charge is -2.03. The van der Waals surface area contributed by atoms with E-state index in [1.807, 2.05) is 6.07 Å². The van der Waals surface area contributed by atoms with E-state index in [9.17, 15) is 9.59 Å². The van der Waals surface area contributed by atoms with Crippen LogP contribution in [-0.4, -0.2) is 30.2 Å². The zero-order valence-electron chi connectivity index (χ0n) is 8.23. The maximum absolute atomic E-state index is 11.1. The molecule has 0 spiro atoms. The number of aliphatic carboxylic acids is 1. The van der Waals surface area contributed by atoms with Crippen molar-refractivity contribution < 1.29 is 19.4 Å². The molecule has 0 bridgehead atoms. The molecule has 5 nitrogen and oxygen atoms in total. The first-order chi connectivity index (χ1) is 7.58. The van der Waals surface area contributed by atoms with Crippen molar-refractivity contribution in [3.05, 3.63) is 21.3 Å². The van der Waals surface area contributed by atoms with E-state index >= 15 is 0 Å². The molecule has 0 aliphatic carbocycles. The van der Waals surface area contributed by atoms with Crippen LogP contribution in [-0.2, 0) is 20.9 Å². The fourth-order valence-electron chi connectivity index (χ4n) is 0.915. The molecular formula is C9H10ClNO4S. The van der Waals surface area contributed by atoms with E-state index in [2.05, 4.69) is 10.1 Å². The average Bonchev–Trinajstić information content (AvgIpc) is 2.61. The predicted molar refractivity (Wildman–Crippen MR) is 59.6 cm³/mol. The molecule has 7 heteroatoms. The van der Waals surface area contributed by atoms with E-state index < -0.39 is 12.6 Å². The van der Waals surface area contributed by atoms with Gasteiger partial charge in [0.1, 0.15) is 13.2 Å². The Balaban J connectivity index is 2.17. The molecule has 0 atom stereocenters. The number of halogens is 1. The molecule has 2 N–H and O–H groups in total. The number of carbonyl (C=O) groups excluding carboxylic acids is 1. The van der Waals surface area contributed by atoms with Crippen LogP contribution in [0.3, 0.4) is 0 Å². The van der Waals surface area contributed by atoms with E-state index in [0.717, 1.165) is 4.88 Å². The maximum atomic E-state index is 11.1. The molecule has 16 heavy (non-hydrogen) atoms. The second-order valence-electron chi connectivity index (χ2n) is 2.87. The van der Waals surface area contributed by atoms with Crippen LogP contribution in [0.4, 0.5) is 0 Å². The van der Waals surface area contributed by atoms with Crippen LogP contribution in [0, 0.1) is 0 Å². The number of hydrogen-bond acceptors (Lipinski definition) is 4. The first-order valence-corrected chi connectivity index (χ1v) is 5.58. The molecular weight excluding hydrogens is 254 g/mol. The average molecular weight is 264 g/mol. The third-order valence-electron chi connectivity index (χ3n) is 1.55. The number of carbonyl (C=O) groups is 2. The summed E-state index contributed by atoms with van der Waals surface area (Å²) in [6, 6.07) is 3.56. The molecule has 0 aromatic carbocycles. The van der Waals surface area contributed by atoms with E-state index in [0.29, 0.717) is 10.9 Å². The Morgan fingerprint density at radius 1 is 1.44 bits per heavy atom. The van der Waals surface area contributed by atoms with Crippen LogP contribution in [0.15, 0.2) is 12.1 Å². The summed E-state index contributed by atoms with van der Waals surface area (Å²) in [7, 11) is 0. The zero-order valence-corrected chi connectivity index (χ0v) is 9.81. The molecule has 88 valence electrons. The molecule has 0 saturated heterocycles. The van der Waals surface area contributed by atoms with Gasteiger partial charge in [-0.3, -0.25) is 4.79 Å². The Labute approximate surface area is 101 Å². The number of thiophene rings is 1. The van der Waals surface area contributed by atoms with Crippen molar-refractivity contribution in [1.82, 2.24) is 5.32 Å². The molecule has 1 amide bonds. The predicted octanol–water partition coefficient (Wildman–Crippen LogP) is 1.12. The fourth-order valence-corrected chi connectivity index (χ4v) is 1.94. The molecule has 1 heterocycles. The maximum Gasteiger partial charge on any atom is 0.329 e. The van der Waals surface area contributed by atoms with Gasteiger partial charge in [-0.2, -0.15) is 0 Å². The Kier molecular flexibility index (Phi) is 5.24. The van der Waals surface area contributed by atoms with Gasteiger partial charge in [-0.05, 0) is 12.1 Å². The summed E-state index contributed by atoms with van der Waals surface area (Å²) in [6.45, 7) is -0.365. The Hall–Kier alpha value is -1.11. The van der Waals surface area contributed by atoms with Gasteiger partial charge in [-0.1, -0.05) is 11.6 Å². The normalized spacial score (nSPS) is 10.1. The smallest absolute Gasteiger partial charge is 0.329 e. The number of ether oxygens (including phenoxy) is 1. The van der Waals surface area contributed by atoms with Crippen LogP contribution in [0.5, 0.6) is 0 Å². The lowest BCUT2D eigenvalue weighted by atomic mass is 10.4. The highest BCUT2D eigenvalue weighted by atomic mass is 35.5. The molecule has 0 aliphatic rings. The van der Waals surface area contributed by atoms with Crippen LogP contribution in [0.1, 0.15) is 4.88 Å². The van der Waals surface area contributed by atoms with Crippen molar-refractivity contribution in [2.24, 2.45) is 0 Å². The largest absolute Gasteiger partial charge is 0.480 e. The Bertz CT molecular complexity index is 379. The summed E-state index contributed by atoms with van der Waals surface area (Å²) < 4.78 is 5.27. The number of carboxylic acid groups (broad SMARTS) is 1. The number of carboxylic acids is 1. The van der Waals surface area contributed by atoms with Gasteiger partial charge in [0.2, 0.25) is 5.91 Å². The van der Waals surface area contributed by atoms with Gasteiger partial charge in [0.25, 0.3) is 0 Å². The first-order valence-electron chi connectivity index (χ1n) is 4.38. The summed E-state index contributed by atoms with van der Waals surface area (Å²) in [5, 5.41) is 10.8. The highest BCUT2D eigenvalue weighted by Crippen LogP contribution is 2.20. The van der Waals surface area contributed by atoms with Crippen LogP contribution in [0.2, 0.25) is 4.34 Å². The minimum absolute atomic E-state index is 0.259. The van der Waals surface area contributed by atoms with Gasteiger partial charge < -0.3 is 15.2 Å². The fraction of sp³-hybridized carbons (Fsp3) is 0.333. The van der Waals surface area contributed by atoms with Crippen molar-refractivity contribution >= 4 is 34.8 Å². The molecule has 0 radical (unpaired) electrons. The Morgan fingerprint density at radius 3 is 2.75 bits per heavy atom. The first kappa shape index (κ1) is 13.0. The second-order valence-corrected chi connectivity index (χ2v) is 4.67. The summed E-state index contributed by atoms with van der Waals surface area (Å²) in [5.74, 6) is -1.45. The van der Waals surface area contributed by atoms with Crippen LogP contribution in [0.25, 0.3) is 0 Å². The number of rotatable bonds is 6. The van der Waals surface area contributed by atoms with Crippen molar-refractivity contribution in [3.63, 3.8) is 0 Å². The third kappa shape index (κ3) is 5.11. The van der Waals surface area contributed by atoms with E-state index in [1.165, 1.54) is 11.3 Å². The number of nitrogens with one attached hydrogen (secondary N) is 1. The van der Waals surface area contributed by atoms with Crippen LogP contribution < -0.4 is 5.32 Å². The van der Waals surface area contributed by atoms with Gasteiger partial charge in [0.05, 0.1) is 10.9 Å². The summed E-state index contributed by atoms with van der Waals surface area (Å²) >= 11 is 7.08. The molecule has 1 aromatic heterocycles. The zero-order chi connectivity index (χ0) is 12.0. The van der Waals surface area contributed by atoms with Gasteiger partial charge in [-0.25, -0.2) is 4.79 Å². The summed E-state index contributed by atoms with van der Waals surface area (Å²) in [6.07, 6.45) is 0. The van der Waals surface area contributed by atoms with Crippen molar-refractivity contribution in [2.75, 3.05) is 13.2 Å². The van der Waals surface area contributed by atoms with Gasteiger partial charge in [-0.15, -0.1) is 11.3 Å². The highest BCUT2D eigenvalue weighted by Gasteiger charge is 2.04. The molecule has 1 rings (SSSR count). The quantitative estimate of drug-likeness (QED) is 0.806. The van der Waals surface area contributed by atoms with Crippen LogP contribution >= 0.6 is 22.9 Å². The lowest BCUT2D eigenvalue weighted by molar-refractivity contribution is -0.143.